The lowest BCUT2D eigenvalue weighted by atomic mass is 9.83. The monoisotopic (exact) mass is 284 g/mol. The standard InChI is InChI=1S/C17H24N4/c1-5-15-17(2,3)13-10-12(6-7-14(13)21(15)4)11-20-16-18-8-9-19-16/h5-7,10H,8-9,11H2,1-4H3,(H2,18,19,20). The van der Waals surface area contributed by atoms with Crippen LogP contribution in [0.15, 0.2) is 35.0 Å². The smallest absolute Gasteiger partial charge is 0.191 e. The molecular formula is C17H24N4. The summed E-state index contributed by atoms with van der Waals surface area (Å²) in [5.74, 6) is 0.918. The highest BCUT2D eigenvalue weighted by atomic mass is 15.2. The second-order valence-corrected chi connectivity index (χ2v) is 6.22. The Morgan fingerprint density at radius 3 is 2.90 bits per heavy atom. The van der Waals surface area contributed by atoms with E-state index in [4.69, 9.17) is 0 Å². The highest BCUT2D eigenvalue weighted by Crippen LogP contribution is 2.46. The lowest BCUT2D eigenvalue weighted by Crippen LogP contribution is -2.33. The van der Waals surface area contributed by atoms with Gasteiger partial charge in [-0.1, -0.05) is 32.1 Å². The molecule has 0 amide bonds. The fourth-order valence-corrected chi connectivity index (χ4v) is 3.43. The van der Waals surface area contributed by atoms with E-state index >= 15 is 0 Å². The molecule has 0 fully saturated rings. The fraction of sp³-hybridized carbons (Fsp3) is 0.471. The highest BCUT2D eigenvalue weighted by molar-refractivity contribution is 5.81. The van der Waals surface area contributed by atoms with Gasteiger partial charge in [0.05, 0.1) is 6.54 Å². The summed E-state index contributed by atoms with van der Waals surface area (Å²) in [5, 5.41) is 6.60. The van der Waals surface area contributed by atoms with Crippen LogP contribution in [-0.2, 0) is 12.0 Å². The van der Waals surface area contributed by atoms with Crippen molar-refractivity contribution in [2.24, 2.45) is 4.99 Å². The first-order chi connectivity index (χ1) is 10.0. The van der Waals surface area contributed by atoms with E-state index in [1.165, 1.54) is 22.5 Å². The molecule has 0 radical (unpaired) electrons. The zero-order chi connectivity index (χ0) is 15.0. The average molecular weight is 284 g/mol. The Bertz CT molecular complexity index is 613. The Kier molecular flexibility index (Phi) is 3.40. The largest absolute Gasteiger partial charge is 0.355 e. The van der Waals surface area contributed by atoms with Gasteiger partial charge in [0.1, 0.15) is 0 Å². The van der Waals surface area contributed by atoms with Crippen molar-refractivity contribution in [3.05, 3.63) is 41.1 Å². The first-order valence-electron chi connectivity index (χ1n) is 7.60. The zero-order valence-corrected chi connectivity index (χ0v) is 13.3. The van der Waals surface area contributed by atoms with Crippen LogP contribution in [0, 0.1) is 0 Å². The summed E-state index contributed by atoms with van der Waals surface area (Å²) in [5.41, 5.74) is 5.44. The van der Waals surface area contributed by atoms with Crippen LogP contribution in [-0.4, -0.2) is 26.1 Å². The van der Waals surface area contributed by atoms with E-state index in [1.807, 2.05) is 0 Å². The molecule has 0 aliphatic carbocycles. The number of aliphatic imine (C=N–C) groups is 1. The van der Waals surface area contributed by atoms with E-state index in [1.54, 1.807) is 0 Å². The number of guanidine groups is 1. The number of fused-ring (bicyclic) bond motifs is 1. The van der Waals surface area contributed by atoms with E-state index in [-0.39, 0.29) is 5.41 Å². The molecule has 0 unspecified atom stereocenters. The normalized spacial score (nSPS) is 21.2. The zero-order valence-electron chi connectivity index (χ0n) is 13.3. The molecule has 4 nitrogen and oxygen atoms in total. The van der Waals surface area contributed by atoms with Gasteiger partial charge in [0.15, 0.2) is 5.96 Å². The molecule has 21 heavy (non-hydrogen) atoms. The van der Waals surface area contributed by atoms with Gasteiger partial charge < -0.3 is 15.5 Å². The van der Waals surface area contributed by atoms with Crippen molar-refractivity contribution in [3.8, 4) is 0 Å². The van der Waals surface area contributed by atoms with Crippen molar-refractivity contribution in [2.75, 3.05) is 25.0 Å². The Morgan fingerprint density at radius 2 is 2.24 bits per heavy atom. The number of anilines is 1. The summed E-state index contributed by atoms with van der Waals surface area (Å²) < 4.78 is 0. The van der Waals surface area contributed by atoms with Crippen LogP contribution < -0.4 is 15.5 Å². The number of rotatable bonds is 2. The minimum absolute atomic E-state index is 0.0674. The number of allylic oxidation sites excluding steroid dienone is 2. The maximum atomic E-state index is 4.37. The van der Waals surface area contributed by atoms with Gasteiger partial charge >= 0.3 is 0 Å². The van der Waals surface area contributed by atoms with Gasteiger partial charge in [-0.2, -0.15) is 0 Å². The van der Waals surface area contributed by atoms with E-state index in [0.29, 0.717) is 0 Å². The van der Waals surface area contributed by atoms with Crippen molar-refractivity contribution in [2.45, 2.75) is 32.7 Å². The maximum Gasteiger partial charge on any atom is 0.191 e. The van der Waals surface area contributed by atoms with Crippen molar-refractivity contribution >= 4 is 11.6 Å². The number of hydrogen-bond donors (Lipinski definition) is 2. The predicted octanol–water partition coefficient (Wildman–Crippen LogP) is 2.37. The first kappa shape index (κ1) is 14.0. The third-order valence-corrected chi connectivity index (χ3v) is 4.50. The summed E-state index contributed by atoms with van der Waals surface area (Å²) in [6.07, 6.45) is 2.22. The minimum Gasteiger partial charge on any atom is -0.355 e. The molecule has 4 heteroatoms. The van der Waals surface area contributed by atoms with Crippen molar-refractivity contribution in [3.63, 3.8) is 0 Å². The highest BCUT2D eigenvalue weighted by Gasteiger charge is 2.37. The van der Waals surface area contributed by atoms with Crippen LogP contribution in [0.1, 0.15) is 31.9 Å². The molecule has 0 aromatic heterocycles. The Labute approximate surface area is 126 Å². The summed E-state index contributed by atoms with van der Waals surface area (Å²) in [6.45, 7) is 9.33. The van der Waals surface area contributed by atoms with E-state index in [2.05, 4.69) is 72.6 Å². The number of likely N-dealkylation sites (N-methyl/N-ethyl adjacent to an activating group) is 1. The van der Waals surface area contributed by atoms with Crippen molar-refractivity contribution in [1.29, 1.82) is 0 Å². The molecule has 2 aliphatic heterocycles. The molecule has 3 rings (SSSR count). The van der Waals surface area contributed by atoms with Gasteiger partial charge in [-0.25, -0.2) is 0 Å². The third-order valence-electron chi connectivity index (χ3n) is 4.50. The molecule has 2 N–H and O–H groups in total. The quantitative estimate of drug-likeness (QED) is 0.876. The molecule has 2 aliphatic rings. The summed E-state index contributed by atoms with van der Waals surface area (Å²) >= 11 is 0. The second kappa shape index (κ2) is 5.10. The number of nitrogens with one attached hydrogen (secondary N) is 2. The van der Waals surface area contributed by atoms with Gasteiger partial charge in [-0.3, -0.25) is 4.99 Å². The molecule has 112 valence electrons. The predicted molar refractivity (Wildman–Crippen MR) is 88.8 cm³/mol. The molecule has 1 aromatic rings. The van der Waals surface area contributed by atoms with Crippen LogP contribution in [0.4, 0.5) is 5.69 Å². The molecular weight excluding hydrogens is 260 g/mol. The Balaban J connectivity index is 1.85. The first-order valence-corrected chi connectivity index (χ1v) is 7.60. The van der Waals surface area contributed by atoms with E-state index < -0.39 is 0 Å². The van der Waals surface area contributed by atoms with Crippen LogP contribution in [0.5, 0.6) is 0 Å². The van der Waals surface area contributed by atoms with Gasteiger partial charge in [0, 0.05) is 36.9 Å². The van der Waals surface area contributed by atoms with Crippen LogP contribution in [0.3, 0.4) is 0 Å². The second-order valence-electron chi connectivity index (χ2n) is 6.22. The maximum absolute atomic E-state index is 4.37. The summed E-state index contributed by atoms with van der Waals surface area (Å²) in [7, 11) is 2.15. The van der Waals surface area contributed by atoms with Gasteiger partial charge in [0.25, 0.3) is 0 Å². The molecule has 0 saturated heterocycles. The topological polar surface area (TPSA) is 39.7 Å². The number of benzene rings is 1. The molecule has 2 heterocycles. The lowest BCUT2D eigenvalue weighted by Gasteiger charge is -2.23. The molecule has 0 bridgehead atoms. The fourth-order valence-electron chi connectivity index (χ4n) is 3.43. The van der Waals surface area contributed by atoms with Gasteiger partial charge in [-0.15, -0.1) is 0 Å². The third kappa shape index (κ3) is 2.28. The van der Waals surface area contributed by atoms with Crippen LogP contribution in [0.25, 0.3) is 0 Å². The van der Waals surface area contributed by atoms with Crippen LogP contribution in [0.2, 0.25) is 0 Å². The molecule has 0 atom stereocenters. The van der Waals surface area contributed by atoms with Crippen molar-refractivity contribution in [1.82, 2.24) is 10.6 Å². The van der Waals surface area contributed by atoms with Crippen LogP contribution >= 0.6 is 0 Å². The van der Waals surface area contributed by atoms with E-state index in [9.17, 15) is 0 Å². The minimum atomic E-state index is 0.0674. The molecule has 0 saturated carbocycles. The van der Waals surface area contributed by atoms with Gasteiger partial charge in [-0.05, 0) is 24.1 Å². The molecule has 1 aromatic carbocycles. The van der Waals surface area contributed by atoms with E-state index in [0.717, 1.165) is 25.6 Å². The Morgan fingerprint density at radius 1 is 1.43 bits per heavy atom. The SMILES string of the molecule is CC=C1N(C)c2ccc(CNC3=NCCN3)cc2C1(C)C. The van der Waals surface area contributed by atoms with Gasteiger partial charge in [0.2, 0.25) is 0 Å². The Hall–Kier alpha value is -1.97. The summed E-state index contributed by atoms with van der Waals surface area (Å²) in [6, 6.07) is 6.76. The average Bonchev–Trinajstić information content (AvgIpc) is 3.03. The molecule has 0 spiro atoms. The van der Waals surface area contributed by atoms with Crippen molar-refractivity contribution < 1.29 is 0 Å². The number of hydrogen-bond acceptors (Lipinski definition) is 4. The summed E-state index contributed by atoms with van der Waals surface area (Å²) in [4.78, 5) is 6.67. The lowest BCUT2D eigenvalue weighted by molar-refractivity contribution is 0.637. The number of nitrogens with zero attached hydrogens (tertiary/aromatic N) is 2.